The van der Waals surface area contributed by atoms with Crippen LogP contribution in [0.5, 0.6) is 5.88 Å². The molecule has 0 aliphatic heterocycles. The Morgan fingerprint density at radius 2 is 2.35 bits per heavy atom. The van der Waals surface area contributed by atoms with Crippen molar-refractivity contribution in [1.29, 1.82) is 0 Å². The van der Waals surface area contributed by atoms with Crippen molar-refractivity contribution in [2.75, 3.05) is 13.2 Å². The standard InChI is InChI=1S/C14H18N4O2/c1-2-20-14-12(5-3-6-17-14)13(19)16-7-4-9-18-10-8-15-11-18/h3,5-6,8,10-11H,2,4,7,9H2,1H3,(H,16,19). The first-order valence-corrected chi connectivity index (χ1v) is 6.63. The van der Waals surface area contributed by atoms with Crippen molar-refractivity contribution in [2.45, 2.75) is 19.9 Å². The smallest absolute Gasteiger partial charge is 0.256 e. The van der Waals surface area contributed by atoms with Crippen molar-refractivity contribution < 1.29 is 9.53 Å². The lowest BCUT2D eigenvalue weighted by molar-refractivity contribution is 0.0948. The summed E-state index contributed by atoms with van der Waals surface area (Å²) in [6.07, 6.45) is 7.85. The fraction of sp³-hybridized carbons (Fsp3) is 0.357. The lowest BCUT2D eigenvalue weighted by Gasteiger charge is -2.09. The molecule has 2 aromatic heterocycles. The first-order valence-electron chi connectivity index (χ1n) is 6.63. The molecule has 0 saturated heterocycles. The molecule has 0 aromatic carbocycles. The Balaban J connectivity index is 1.82. The summed E-state index contributed by atoms with van der Waals surface area (Å²) in [6.45, 7) is 3.77. The molecule has 0 unspecified atom stereocenters. The van der Waals surface area contributed by atoms with E-state index in [1.54, 1.807) is 30.9 Å². The van der Waals surface area contributed by atoms with Gasteiger partial charge in [-0.25, -0.2) is 9.97 Å². The Labute approximate surface area is 117 Å². The molecule has 2 rings (SSSR count). The van der Waals surface area contributed by atoms with Gasteiger partial charge in [-0.1, -0.05) is 0 Å². The summed E-state index contributed by atoms with van der Waals surface area (Å²) in [6, 6.07) is 3.44. The largest absolute Gasteiger partial charge is 0.477 e. The van der Waals surface area contributed by atoms with E-state index in [0.717, 1.165) is 13.0 Å². The third-order valence-electron chi connectivity index (χ3n) is 2.73. The summed E-state index contributed by atoms with van der Waals surface area (Å²) >= 11 is 0. The molecule has 1 N–H and O–H groups in total. The molecule has 6 nitrogen and oxygen atoms in total. The number of aryl methyl sites for hydroxylation is 1. The van der Waals surface area contributed by atoms with Crippen LogP contribution in [0.1, 0.15) is 23.7 Å². The Hall–Kier alpha value is -2.37. The number of imidazole rings is 1. The maximum Gasteiger partial charge on any atom is 0.256 e. The van der Waals surface area contributed by atoms with Crippen LogP contribution in [0.25, 0.3) is 0 Å². The van der Waals surface area contributed by atoms with Crippen molar-refractivity contribution in [1.82, 2.24) is 19.9 Å². The molecule has 20 heavy (non-hydrogen) atoms. The third kappa shape index (κ3) is 3.81. The van der Waals surface area contributed by atoms with Crippen molar-refractivity contribution in [3.63, 3.8) is 0 Å². The second-order valence-electron chi connectivity index (χ2n) is 4.20. The molecule has 0 atom stereocenters. The van der Waals surface area contributed by atoms with E-state index in [2.05, 4.69) is 15.3 Å². The Morgan fingerprint density at radius 3 is 3.10 bits per heavy atom. The Morgan fingerprint density at radius 1 is 1.45 bits per heavy atom. The molecule has 0 aliphatic carbocycles. The summed E-state index contributed by atoms with van der Waals surface area (Å²) in [5.74, 6) is 0.217. The molecule has 0 bridgehead atoms. The zero-order valence-corrected chi connectivity index (χ0v) is 11.5. The monoisotopic (exact) mass is 274 g/mol. The van der Waals surface area contributed by atoms with Gasteiger partial charge >= 0.3 is 0 Å². The van der Waals surface area contributed by atoms with Crippen LogP contribution in [0.2, 0.25) is 0 Å². The molecule has 0 fully saturated rings. The number of hydrogen-bond acceptors (Lipinski definition) is 4. The summed E-state index contributed by atoms with van der Waals surface area (Å²) in [5.41, 5.74) is 0.469. The van der Waals surface area contributed by atoms with E-state index < -0.39 is 0 Å². The van der Waals surface area contributed by atoms with Crippen LogP contribution >= 0.6 is 0 Å². The number of pyridine rings is 1. The first kappa shape index (κ1) is 14.0. The topological polar surface area (TPSA) is 69.0 Å². The van der Waals surface area contributed by atoms with E-state index in [9.17, 15) is 4.79 Å². The highest BCUT2D eigenvalue weighted by atomic mass is 16.5. The molecule has 0 spiro atoms. The van der Waals surface area contributed by atoms with E-state index in [-0.39, 0.29) is 5.91 Å². The normalized spacial score (nSPS) is 10.2. The number of aromatic nitrogens is 3. The fourth-order valence-corrected chi connectivity index (χ4v) is 1.79. The molecule has 0 radical (unpaired) electrons. The van der Waals surface area contributed by atoms with Gasteiger partial charge in [0.25, 0.3) is 5.91 Å². The average molecular weight is 274 g/mol. The number of carbonyl (C=O) groups excluding carboxylic acids is 1. The minimum absolute atomic E-state index is 0.160. The lowest BCUT2D eigenvalue weighted by Crippen LogP contribution is -2.26. The van der Waals surface area contributed by atoms with Gasteiger partial charge in [-0.15, -0.1) is 0 Å². The molecule has 0 saturated carbocycles. The number of nitrogens with zero attached hydrogens (tertiary/aromatic N) is 3. The number of nitrogens with one attached hydrogen (secondary N) is 1. The van der Waals surface area contributed by atoms with Gasteiger partial charge < -0.3 is 14.6 Å². The Bertz CT molecular complexity index is 540. The van der Waals surface area contributed by atoms with Crippen LogP contribution < -0.4 is 10.1 Å². The number of carbonyl (C=O) groups is 1. The molecule has 106 valence electrons. The summed E-state index contributed by atoms with van der Waals surface area (Å²) in [7, 11) is 0. The van der Waals surface area contributed by atoms with Gasteiger partial charge in [0.2, 0.25) is 5.88 Å². The van der Waals surface area contributed by atoms with Crippen LogP contribution in [0.15, 0.2) is 37.1 Å². The van der Waals surface area contributed by atoms with E-state index in [1.165, 1.54) is 0 Å². The highest BCUT2D eigenvalue weighted by Crippen LogP contribution is 2.13. The van der Waals surface area contributed by atoms with Gasteiger partial charge in [-0.05, 0) is 25.5 Å². The minimum atomic E-state index is -0.160. The number of rotatable bonds is 7. The van der Waals surface area contributed by atoms with Crippen molar-refractivity contribution >= 4 is 5.91 Å². The second kappa shape index (κ2) is 7.28. The second-order valence-corrected chi connectivity index (χ2v) is 4.20. The highest BCUT2D eigenvalue weighted by molar-refractivity contribution is 5.96. The average Bonchev–Trinajstić information content (AvgIpc) is 2.97. The van der Waals surface area contributed by atoms with Crippen LogP contribution in [0.4, 0.5) is 0 Å². The van der Waals surface area contributed by atoms with E-state index in [4.69, 9.17) is 4.74 Å². The maximum atomic E-state index is 12.1. The summed E-state index contributed by atoms with van der Waals surface area (Å²) in [4.78, 5) is 20.1. The van der Waals surface area contributed by atoms with Gasteiger partial charge in [-0.2, -0.15) is 0 Å². The maximum absolute atomic E-state index is 12.1. The van der Waals surface area contributed by atoms with Crippen LogP contribution in [0.3, 0.4) is 0 Å². The minimum Gasteiger partial charge on any atom is -0.477 e. The molecule has 2 aromatic rings. The van der Waals surface area contributed by atoms with Crippen molar-refractivity contribution in [3.8, 4) is 5.88 Å². The zero-order valence-electron chi connectivity index (χ0n) is 11.5. The van der Waals surface area contributed by atoms with Gasteiger partial charge in [0.1, 0.15) is 5.56 Å². The molecular formula is C14H18N4O2. The van der Waals surface area contributed by atoms with Crippen LogP contribution in [0, 0.1) is 0 Å². The molecule has 6 heteroatoms. The lowest BCUT2D eigenvalue weighted by atomic mass is 10.2. The highest BCUT2D eigenvalue weighted by Gasteiger charge is 2.12. The van der Waals surface area contributed by atoms with Gasteiger partial charge in [0.15, 0.2) is 0 Å². The zero-order chi connectivity index (χ0) is 14.2. The van der Waals surface area contributed by atoms with Gasteiger partial charge in [0, 0.05) is 31.7 Å². The summed E-state index contributed by atoms with van der Waals surface area (Å²) < 4.78 is 7.31. The molecular weight excluding hydrogens is 256 g/mol. The number of hydrogen-bond donors (Lipinski definition) is 1. The first-order chi connectivity index (χ1) is 9.81. The molecule has 0 aliphatic rings. The van der Waals surface area contributed by atoms with Gasteiger partial charge in [0.05, 0.1) is 12.9 Å². The Kier molecular flexibility index (Phi) is 5.11. The third-order valence-corrected chi connectivity index (χ3v) is 2.73. The fourth-order valence-electron chi connectivity index (χ4n) is 1.79. The van der Waals surface area contributed by atoms with E-state index >= 15 is 0 Å². The predicted octanol–water partition coefficient (Wildman–Crippen LogP) is 1.50. The molecule has 2 heterocycles. The van der Waals surface area contributed by atoms with E-state index in [0.29, 0.717) is 24.6 Å². The van der Waals surface area contributed by atoms with Crippen LogP contribution in [-0.4, -0.2) is 33.6 Å². The predicted molar refractivity (Wildman–Crippen MR) is 74.6 cm³/mol. The quantitative estimate of drug-likeness (QED) is 0.777. The van der Waals surface area contributed by atoms with Gasteiger partial charge in [-0.3, -0.25) is 4.79 Å². The number of ether oxygens (including phenoxy) is 1. The SMILES string of the molecule is CCOc1ncccc1C(=O)NCCCn1ccnc1. The molecule has 1 amide bonds. The van der Waals surface area contributed by atoms with E-state index in [1.807, 2.05) is 17.7 Å². The van der Waals surface area contributed by atoms with Crippen LogP contribution in [-0.2, 0) is 6.54 Å². The van der Waals surface area contributed by atoms with Crippen molar-refractivity contribution in [2.24, 2.45) is 0 Å². The number of amides is 1. The van der Waals surface area contributed by atoms with Crippen molar-refractivity contribution in [3.05, 3.63) is 42.6 Å². The summed E-state index contributed by atoms with van der Waals surface area (Å²) in [5, 5.41) is 2.87.